The molecule has 0 atom stereocenters. The van der Waals surface area contributed by atoms with E-state index in [4.69, 9.17) is 0 Å². The van der Waals surface area contributed by atoms with Crippen molar-refractivity contribution < 1.29 is 12.8 Å². The predicted octanol–water partition coefficient (Wildman–Crippen LogP) is 0.801. The Bertz CT molecular complexity index is 1380. The SMILES string of the molecule is Cc1nccn1-c1cc(N2CCN(S(=O)(=O)c3ccc(F)c(-c4nn[nH]n4)c3)CC2)ncn1. The third-order valence-corrected chi connectivity index (χ3v) is 7.33. The summed E-state index contributed by atoms with van der Waals surface area (Å²) in [6.07, 6.45) is 4.99. The molecule has 1 N–H and O–H groups in total. The summed E-state index contributed by atoms with van der Waals surface area (Å²) < 4.78 is 43.8. The molecule has 4 aromatic rings. The van der Waals surface area contributed by atoms with Crippen LogP contribution in [0.15, 0.2) is 47.9 Å². The zero-order chi connectivity index (χ0) is 23.0. The third-order valence-electron chi connectivity index (χ3n) is 5.44. The second-order valence-electron chi connectivity index (χ2n) is 7.35. The number of hydrogen-bond acceptors (Lipinski definition) is 9. The molecular weight excluding hydrogens is 451 g/mol. The molecule has 33 heavy (non-hydrogen) atoms. The number of aromatic nitrogens is 8. The summed E-state index contributed by atoms with van der Waals surface area (Å²) in [6, 6.07) is 5.40. The number of aryl methyl sites for hydroxylation is 1. The third kappa shape index (κ3) is 3.93. The Morgan fingerprint density at radius 2 is 1.82 bits per heavy atom. The Morgan fingerprint density at radius 1 is 1.03 bits per heavy atom. The van der Waals surface area contributed by atoms with Crippen LogP contribution in [0.5, 0.6) is 0 Å². The first kappa shape index (κ1) is 21.1. The summed E-state index contributed by atoms with van der Waals surface area (Å²) in [5.74, 6) is 1.54. The molecule has 1 saturated heterocycles. The van der Waals surface area contributed by atoms with Gasteiger partial charge in [0.25, 0.3) is 0 Å². The van der Waals surface area contributed by atoms with Crippen LogP contribution in [0.2, 0.25) is 0 Å². The molecule has 14 heteroatoms. The summed E-state index contributed by atoms with van der Waals surface area (Å²) in [5, 5.41) is 13.1. The molecule has 0 spiro atoms. The Morgan fingerprint density at radius 3 is 2.52 bits per heavy atom. The van der Waals surface area contributed by atoms with Gasteiger partial charge in [-0.05, 0) is 30.3 Å². The van der Waals surface area contributed by atoms with Gasteiger partial charge < -0.3 is 4.90 Å². The number of H-pyrrole nitrogens is 1. The van der Waals surface area contributed by atoms with Crippen molar-refractivity contribution in [2.24, 2.45) is 0 Å². The fourth-order valence-corrected chi connectivity index (χ4v) is 5.13. The maximum Gasteiger partial charge on any atom is 0.243 e. The Labute approximate surface area is 188 Å². The highest BCUT2D eigenvalue weighted by Gasteiger charge is 2.30. The number of tetrazole rings is 1. The van der Waals surface area contributed by atoms with Crippen LogP contribution in [0.1, 0.15) is 5.82 Å². The fourth-order valence-electron chi connectivity index (χ4n) is 3.68. The lowest BCUT2D eigenvalue weighted by atomic mass is 10.2. The molecule has 0 aliphatic carbocycles. The minimum absolute atomic E-state index is 0.0120. The van der Waals surface area contributed by atoms with E-state index in [1.807, 2.05) is 28.7 Å². The molecule has 0 unspecified atom stereocenters. The van der Waals surface area contributed by atoms with E-state index in [0.717, 1.165) is 11.9 Å². The number of nitrogens with zero attached hydrogens (tertiary/aromatic N) is 9. The van der Waals surface area contributed by atoms with Crippen molar-refractivity contribution in [3.8, 4) is 17.2 Å². The molecule has 0 bridgehead atoms. The van der Waals surface area contributed by atoms with Crippen molar-refractivity contribution in [1.29, 1.82) is 0 Å². The zero-order valence-corrected chi connectivity index (χ0v) is 18.3. The molecule has 1 aliphatic heterocycles. The van der Waals surface area contributed by atoms with E-state index in [1.54, 1.807) is 6.20 Å². The lowest BCUT2D eigenvalue weighted by molar-refractivity contribution is 0.383. The van der Waals surface area contributed by atoms with Crippen LogP contribution in [0.25, 0.3) is 17.2 Å². The number of halogens is 1. The fraction of sp³-hybridized carbons (Fsp3) is 0.263. The normalized spacial score (nSPS) is 15.2. The molecule has 3 aromatic heterocycles. The Kier molecular flexibility index (Phi) is 5.30. The first-order valence-corrected chi connectivity index (χ1v) is 11.5. The molecule has 12 nitrogen and oxygen atoms in total. The van der Waals surface area contributed by atoms with Gasteiger partial charge in [0.2, 0.25) is 15.8 Å². The topological polar surface area (TPSA) is 139 Å². The molecular formula is C19H19FN10O2S. The van der Waals surface area contributed by atoms with E-state index in [9.17, 15) is 12.8 Å². The monoisotopic (exact) mass is 470 g/mol. The summed E-state index contributed by atoms with van der Waals surface area (Å²) in [7, 11) is -3.84. The van der Waals surface area contributed by atoms with Crippen LogP contribution >= 0.6 is 0 Å². The van der Waals surface area contributed by atoms with Crippen molar-refractivity contribution in [2.75, 3.05) is 31.1 Å². The van der Waals surface area contributed by atoms with Crippen LogP contribution in [-0.4, -0.2) is 79.0 Å². The molecule has 1 aromatic carbocycles. The average Bonchev–Trinajstić information content (AvgIpc) is 3.51. The number of anilines is 1. The predicted molar refractivity (Wildman–Crippen MR) is 114 cm³/mol. The Balaban J connectivity index is 1.33. The summed E-state index contributed by atoms with van der Waals surface area (Å²) in [5.41, 5.74) is -0.0354. The number of sulfonamides is 1. The largest absolute Gasteiger partial charge is 0.354 e. The van der Waals surface area contributed by atoms with E-state index in [1.165, 1.54) is 22.8 Å². The average molecular weight is 470 g/mol. The van der Waals surface area contributed by atoms with Crippen LogP contribution in [-0.2, 0) is 10.0 Å². The van der Waals surface area contributed by atoms with Gasteiger partial charge in [-0.2, -0.15) is 9.52 Å². The summed E-state index contributed by atoms with van der Waals surface area (Å²) in [6.45, 7) is 3.27. The highest BCUT2D eigenvalue weighted by atomic mass is 32.2. The molecule has 0 amide bonds. The van der Waals surface area contributed by atoms with Gasteiger partial charge >= 0.3 is 0 Å². The molecule has 5 rings (SSSR count). The molecule has 1 aliphatic rings. The second kappa shape index (κ2) is 8.29. The Hall–Kier alpha value is -3.78. The van der Waals surface area contributed by atoms with E-state index in [0.29, 0.717) is 24.7 Å². The number of nitrogens with one attached hydrogen (secondary N) is 1. The van der Waals surface area contributed by atoms with Crippen molar-refractivity contribution in [3.63, 3.8) is 0 Å². The number of aromatic amines is 1. The molecule has 4 heterocycles. The van der Waals surface area contributed by atoms with Gasteiger partial charge in [-0.3, -0.25) is 4.57 Å². The molecule has 0 radical (unpaired) electrons. The second-order valence-corrected chi connectivity index (χ2v) is 9.28. The molecule has 170 valence electrons. The van der Waals surface area contributed by atoms with Crippen LogP contribution < -0.4 is 4.90 Å². The van der Waals surface area contributed by atoms with Gasteiger partial charge in [0, 0.05) is 44.6 Å². The van der Waals surface area contributed by atoms with Gasteiger partial charge in [0.05, 0.1) is 10.5 Å². The summed E-state index contributed by atoms with van der Waals surface area (Å²) in [4.78, 5) is 14.8. The van der Waals surface area contributed by atoms with Gasteiger partial charge in [-0.25, -0.2) is 27.8 Å². The lowest BCUT2D eigenvalue weighted by Crippen LogP contribution is -2.49. The van der Waals surface area contributed by atoms with E-state index in [-0.39, 0.29) is 29.4 Å². The van der Waals surface area contributed by atoms with E-state index < -0.39 is 15.8 Å². The van der Waals surface area contributed by atoms with Crippen LogP contribution in [0.4, 0.5) is 10.2 Å². The molecule has 0 saturated carbocycles. The standard InChI is InChI=1S/C19H19FN10O2S/c1-13-21-4-5-30(13)18-11-17(22-12-23-18)28-6-8-29(9-7-28)33(31,32)14-2-3-16(20)15(10-14)19-24-26-27-25-19/h2-5,10-12H,6-9H2,1H3,(H,24,25,26,27). The van der Waals surface area contributed by atoms with Crippen LogP contribution in [0.3, 0.4) is 0 Å². The number of rotatable bonds is 5. The van der Waals surface area contributed by atoms with Gasteiger partial charge in [0.15, 0.2) is 0 Å². The number of benzene rings is 1. The van der Waals surface area contributed by atoms with Crippen molar-refractivity contribution in [2.45, 2.75) is 11.8 Å². The highest BCUT2D eigenvalue weighted by Crippen LogP contribution is 2.26. The quantitative estimate of drug-likeness (QED) is 0.449. The van der Waals surface area contributed by atoms with Gasteiger partial charge in [-0.15, -0.1) is 10.2 Å². The maximum absolute atomic E-state index is 14.2. The maximum atomic E-state index is 14.2. The summed E-state index contributed by atoms with van der Waals surface area (Å²) >= 11 is 0. The minimum atomic E-state index is -3.84. The number of imidazole rings is 1. The van der Waals surface area contributed by atoms with Gasteiger partial charge in [-0.1, -0.05) is 0 Å². The van der Waals surface area contributed by atoms with E-state index in [2.05, 4.69) is 35.6 Å². The zero-order valence-electron chi connectivity index (χ0n) is 17.5. The molecule has 1 fully saturated rings. The first-order valence-electron chi connectivity index (χ1n) is 10.0. The van der Waals surface area contributed by atoms with E-state index >= 15 is 0 Å². The van der Waals surface area contributed by atoms with Crippen molar-refractivity contribution >= 4 is 15.8 Å². The minimum Gasteiger partial charge on any atom is -0.354 e. The number of piperazine rings is 1. The number of hydrogen-bond donors (Lipinski definition) is 1. The highest BCUT2D eigenvalue weighted by molar-refractivity contribution is 7.89. The van der Waals surface area contributed by atoms with Crippen LogP contribution in [0, 0.1) is 12.7 Å². The first-order chi connectivity index (χ1) is 15.9. The van der Waals surface area contributed by atoms with Crippen molar-refractivity contribution in [1.82, 2.24) is 44.4 Å². The van der Waals surface area contributed by atoms with Crippen molar-refractivity contribution in [3.05, 3.63) is 54.6 Å². The smallest absolute Gasteiger partial charge is 0.243 e. The van der Waals surface area contributed by atoms with Gasteiger partial charge in [0.1, 0.15) is 29.6 Å². The lowest BCUT2D eigenvalue weighted by Gasteiger charge is -2.34.